The topological polar surface area (TPSA) is 79.3 Å². The third-order valence-corrected chi connectivity index (χ3v) is 3.56. The van der Waals surface area contributed by atoms with Gasteiger partial charge in [-0.25, -0.2) is 4.98 Å². The molecule has 2 N–H and O–H groups in total. The Morgan fingerprint density at radius 3 is 2.80 bits per heavy atom. The Morgan fingerprint density at radius 2 is 2.10 bits per heavy atom. The van der Waals surface area contributed by atoms with E-state index in [1.54, 1.807) is 12.1 Å². The van der Waals surface area contributed by atoms with Crippen molar-refractivity contribution >= 4 is 28.8 Å². The molecule has 0 bridgehead atoms. The Labute approximate surface area is 120 Å². The van der Waals surface area contributed by atoms with E-state index in [1.165, 1.54) is 23.6 Å². The molecule has 0 aliphatic carbocycles. The number of anilines is 1. The molecule has 0 saturated heterocycles. The van der Waals surface area contributed by atoms with E-state index >= 15 is 0 Å². The second-order valence-corrected chi connectivity index (χ2v) is 5.12. The standard InChI is InChI=1S/C14H14N2O3S/c17-10(12-6-3-9-20-12)4-1-7-13(19)16-14-11(18)5-2-8-15-14/h2-3,5-6,8-9,18H,1,4,7H2,(H,15,16,19). The first-order valence-corrected chi connectivity index (χ1v) is 7.05. The number of hydrogen-bond donors (Lipinski definition) is 2. The summed E-state index contributed by atoms with van der Waals surface area (Å²) in [5, 5.41) is 13.8. The lowest BCUT2D eigenvalue weighted by atomic mass is 10.1. The normalized spacial score (nSPS) is 10.2. The number of amides is 1. The van der Waals surface area contributed by atoms with Crippen molar-refractivity contribution in [2.45, 2.75) is 19.3 Å². The van der Waals surface area contributed by atoms with Crippen molar-refractivity contribution in [3.8, 4) is 5.75 Å². The molecule has 2 heterocycles. The van der Waals surface area contributed by atoms with Crippen LogP contribution >= 0.6 is 11.3 Å². The molecule has 0 atom stereocenters. The molecular formula is C14H14N2O3S. The molecule has 0 fully saturated rings. The van der Waals surface area contributed by atoms with Crippen molar-refractivity contribution in [2.75, 3.05) is 5.32 Å². The van der Waals surface area contributed by atoms with Gasteiger partial charge in [0.05, 0.1) is 4.88 Å². The summed E-state index contributed by atoms with van der Waals surface area (Å²) in [4.78, 5) is 28.0. The van der Waals surface area contributed by atoms with E-state index in [9.17, 15) is 14.7 Å². The summed E-state index contributed by atoms with van der Waals surface area (Å²) < 4.78 is 0. The lowest BCUT2D eigenvalue weighted by Crippen LogP contribution is -2.13. The highest BCUT2D eigenvalue weighted by molar-refractivity contribution is 7.12. The van der Waals surface area contributed by atoms with Crippen LogP contribution in [-0.4, -0.2) is 21.8 Å². The number of carbonyl (C=O) groups excluding carboxylic acids is 2. The summed E-state index contributed by atoms with van der Waals surface area (Å²) in [5.41, 5.74) is 0. The van der Waals surface area contributed by atoms with Crippen LogP contribution < -0.4 is 5.32 Å². The van der Waals surface area contributed by atoms with Crippen LogP contribution in [0.15, 0.2) is 35.8 Å². The van der Waals surface area contributed by atoms with E-state index in [2.05, 4.69) is 10.3 Å². The lowest BCUT2D eigenvalue weighted by molar-refractivity contribution is -0.116. The fourth-order valence-corrected chi connectivity index (χ4v) is 2.35. The highest BCUT2D eigenvalue weighted by atomic mass is 32.1. The molecule has 1 amide bonds. The van der Waals surface area contributed by atoms with Crippen LogP contribution in [0.2, 0.25) is 0 Å². The first-order valence-electron chi connectivity index (χ1n) is 6.17. The number of pyridine rings is 1. The van der Waals surface area contributed by atoms with Gasteiger partial charge in [-0.05, 0) is 30.0 Å². The minimum atomic E-state index is -0.266. The zero-order valence-electron chi connectivity index (χ0n) is 10.7. The summed E-state index contributed by atoms with van der Waals surface area (Å²) in [6, 6.07) is 6.63. The summed E-state index contributed by atoms with van der Waals surface area (Å²) in [6.07, 6.45) is 2.50. The van der Waals surface area contributed by atoms with E-state index in [0.29, 0.717) is 17.7 Å². The number of Topliss-reactive ketones (excluding diaryl/α,β-unsaturated/α-hetero) is 1. The third-order valence-electron chi connectivity index (χ3n) is 2.65. The monoisotopic (exact) mass is 290 g/mol. The second-order valence-electron chi connectivity index (χ2n) is 4.17. The van der Waals surface area contributed by atoms with Crippen LogP contribution in [-0.2, 0) is 4.79 Å². The van der Waals surface area contributed by atoms with Crippen molar-refractivity contribution in [1.29, 1.82) is 0 Å². The average molecular weight is 290 g/mol. The number of rotatable bonds is 6. The zero-order chi connectivity index (χ0) is 14.4. The highest BCUT2D eigenvalue weighted by Crippen LogP contribution is 2.19. The van der Waals surface area contributed by atoms with Gasteiger partial charge in [0.2, 0.25) is 5.91 Å². The molecule has 5 nitrogen and oxygen atoms in total. The van der Waals surface area contributed by atoms with Crippen LogP contribution in [0.25, 0.3) is 0 Å². The van der Waals surface area contributed by atoms with Crippen molar-refractivity contribution in [3.63, 3.8) is 0 Å². The van der Waals surface area contributed by atoms with Gasteiger partial charge in [0.25, 0.3) is 0 Å². The third kappa shape index (κ3) is 3.89. The number of nitrogens with zero attached hydrogens (tertiary/aromatic N) is 1. The Bertz CT molecular complexity index is 596. The maximum atomic E-state index is 11.7. The summed E-state index contributed by atoms with van der Waals surface area (Å²) in [5.74, 6) is -0.149. The van der Waals surface area contributed by atoms with Crippen LogP contribution in [0, 0.1) is 0 Å². The lowest BCUT2D eigenvalue weighted by Gasteiger charge is -2.05. The van der Waals surface area contributed by atoms with Gasteiger partial charge >= 0.3 is 0 Å². The Kier molecular flexibility index (Phi) is 4.84. The maximum Gasteiger partial charge on any atom is 0.225 e. The van der Waals surface area contributed by atoms with E-state index in [4.69, 9.17) is 0 Å². The second kappa shape index (κ2) is 6.81. The van der Waals surface area contributed by atoms with Crippen molar-refractivity contribution in [3.05, 3.63) is 40.7 Å². The number of thiophene rings is 1. The molecule has 6 heteroatoms. The number of ketones is 1. The van der Waals surface area contributed by atoms with Crippen LogP contribution in [0.3, 0.4) is 0 Å². The van der Waals surface area contributed by atoms with Gasteiger partial charge in [-0.15, -0.1) is 11.3 Å². The predicted molar refractivity (Wildman–Crippen MR) is 77.0 cm³/mol. The molecule has 0 saturated carbocycles. The van der Waals surface area contributed by atoms with Gasteiger partial charge < -0.3 is 10.4 Å². The molecule has 104 valence electrons. The molecule has 0 unspecified atom stereocenters. The average Bonchev–Trinajstić information content (AvgIpc) is 2.95. The number of aromatic nitrogens is 1. The molecule has 2 rings (SSSR count). The number of aromatic hydroxyl groups is 1. The molecule has 20 heavy (non-hydrogen) atoms. The number of carbonyl (C=O) groups is 2. The predicted octanol–water partition coefficient (Wildman–Crippen LogP) is 2.84. The van der Waals surface area contributed by atoms with Crippen LogP contribution in [0.5, 0.6) is 5.75 Å². The molecule has 0 aromatic carbocycles. The van der Waals surface area contributed by atoms with Crippen LogP contribution in [0.1, 0.15) is 28.9 Å². The molecule has 2 aromatic heterocycles. The summed E-state index contributed by atoms with van der Waals surface area (Å²) in [7, 11) is 0. The smallest absolute Gasteiger partial charge is 0.225 e. The van der Waals surface area contributed by atoms with Gasteiger partial charge in [0.15, 0.2) is 17.4 Å². The molecule has 0 spiro atoms. The fraction of sp³-hybridized carbons (Fsp3) is 0.214. The van der Waals surface area contributed by atoms with E-state index in [-0.39, 0.29) is 29.7 Å². The minimum absolute atomic E-state index is 0.0495. The largest absolute Gasteiger partial charge is 0.504 e. The molecule has 0 aliphatic heterocycles. The van der Waals surface area contributed by atoms with Crippen molar-refractivity contribution in [1.82, 2.24) is 4.98 Å². The van der Waals surface area contributed by atoms with Crippen molar-refractivity contribution < 1.29 is 14.7 Å². The van der Waals surface area contributed by atoms with E-state index < -0.39 is 0 Å². The van der Waals surface area contributed by atoms with Crippen LogP contribution in [0.4, 0.5) is 5.82 Å². The Balaban J connectivity index is 1.76. The molecule has 0 aliphatic rings. The highest BCUT2D eigenvalue weighted by Gasteiger charge is 2.10. The zero-order valence-corrected chi connectivity index (χ0v) is 11.5. The summed E-state index contributed by atoms with van der Waals surface area (Å²) in [6.45, 7) is 0. The Hall–Kier alpha value is -2.21. The van der Waals surface area contributed by atoms with Crippen molar-refractivity contribution in [2.24, 2.45) is 0 Å². The quantitative estimate of drug-likeness (QED) is 0.802. The first-order chi connectivity index (χ1) is 9.66. The van der Waals surface area contributed by atoms with E-state index in [0.717, 1.165) is 0 Å². The minimum Gasteiger partial charge on any atom is -0.504 e. The molecule has 0 radical (unpaired) electrons. The van der Waals surface area contributed by atoms with Gasteiger partial charge in [-0.1, -0.05) is 6.07 Å². The molecular weight excluding hydrogens is 276 g/mol. The first kappa shape index (κ1) is 14.2. The Morgan fingerprint density at radius 1 is 1.25 bits per heavy atom. The molecule has 2 aromatic rings. The van der Waals surface area contributed by atoms with Gasteiger partial charge in [-0.3, -0.25) is 9.59 Å². The fourth-order valence-electron chi connectivity index (χ4n) is 1.66. The number of nitrogens with one attached hydrogen (secondary N) is 1. The SMILES string of the molecule is O=C(CCCC(=O)c1cccs1)Nc1ncccc1O. The van der Waals surface area contributed by atoms with E-state index in [1.807, 2.05) is 11.4 Å². The summed E-state index contributed by atoms with van der Waals surface area (Å²) >= 11 is 1.40. The number of hydrogen-bond acceptors (Lipinski definition) is 5. The van der Waals surface area contributed by atoms with Gasteiger partial charge in [0.1, 0.15) is 0 Å². The van der Waals surface area contributed by atoms with Gasteiger partial charge in [0, 0.05) is 19.0 Å². The maximum absolute atomic E-state index is 11.7. The van der Waals surface area contributed by atoms with Gasteiger partial charge in [-0.2, -0.15) is 0 Å².